The van der Waals surface area contributed by atoms with Gasteiger partial charge in [-0.3, -0.25) is 0 Å². The largest absolute Gasteiger partial charge is 0.357 e. The van der Waals surface area contributed by atoms with Gasteiger partial charge in [-0.15, -0.1) is 35.3 Å². The van der Waals surface area contributed by atoms with Crippen LogP contribution >= 0.6 is 35.3 Å². The second-order valence-corrected chi connectivity index (χ2v) is 7.02. The van der Waals surface area contributed by atoms with Crippen LogP contribution < -0.4 is 5.32 Å². The minimum atomic E-state index is 0. The number of hydrogen-bond acceptors (Lipinski definition) is 4. The Balaban J connectivity index is 0.00000243. The lowest BCUT2D eigenvalue weighted by Crippen LogP contribution is -2.38. The molecule has 0 aliphatic rings. The van der Waals surface area contributed by atoms with Crippen molar-refractivity contribution in [3.8, 4) is 0 Å². The third-order valence-electron chi connectivity index (χ3n) is 4.01. The van der Waals surface area contributed by atoms with Crippen LogP contribution in [0.25, 0.3) is 11.0 Å². The molecule has 0 spiro atoms. The van der Waals surface area contributed by atoms with Crippen LogP contribution in [-0.4, -0.2) is 39.0 Å². The number of nitrogens with zero attached hydrogens (tertiary/aromatic N) is 5. The molecule has 26 heavy (non-hydrogen) atoms. The molecule has 2 aromatic heterocycles. The molecule has 0 unspecified atom stereocenters. The number of aryl methyl sites for hydroxylation is 2. The van der Waals surface area contributed by atoms with E-state index < -0.39 is 0 Å². The molecule has 2 heterocycles. The van der Waals surface area contributed by atoms with Crippen LogP contribution in [0.1, 0.15) is 23.4 Å². The van der Waals surface area contributed by atoms with E-state index in [1.807, 2.05) is 39.2 Å². The van der Waals surface area contributed by atoms with Crippen molar-refractivity contribution >= 4 is 52.3 Å². The van der Waals surface area contributed by atoms with Gasteiger partial charge in [-0.05, 0) is 26.0 Å². The van der Waals surface area contributed by atoms with Crippen molar-refractivity contribution in [3.63, 3.8) is 0 Å². The summed E-state index contributed by atoms with van der Waals surface area (Å²) in [5.74, 6) is 1.81. The second-order valence-electron chi connectivity index (χ2n) is 5.96. The molecule has 3 rings (SSSR count). The number of thiazole rings is 1. The van der Waals surface area contributed by atoms with Crippen LogP contribution in [0, 0.1) is 6.92 Å². The van der Waals surface area contributed by atoms with Gasteiger partial charge >= 0.3 is 0 Å². The molecule has 0 saturated heterocycles. The molecular formula is C18H25IN6S. The molecule has 1 aromatic carbocycles. The fourth-order valence-electron chi connectivity index (χ4n) is 2.75. The molecular weight excluding hydrogens is 459 g/mol. The van der Waals surface area contributed by atoms with E-state index in [1.165, 1.54) is 0 Å². The molecule has 0 saturated carbocycles. The van der Waals surface area contributed by atoms with Crippen molar-refractivity contribution in [1.82, 2.24) is 24.8 Å². The van der Waals surface area contributed by atoms with Crippen LogP contribution in [-0.2, 0) is 20.1 Å². The Morgan fingerprint density at radius 2 is 2.08 bits per heavy atom. The Hall–Kier alpha value is -1.68. The van der Waals surface area contributed by atoms with Crippen LogP contribution in [0.15, 0.2) is 34.6 Å². The van der Waals surface area contributed by atoms with Crippen LogP contribution in [0.2, 0.25) is 0 Å². The van der Waals surface area contributed by atoms with Gasteiger partial charge in [0, 0.05) is 26.0 Å². The van der Waals surface area contributed by atoms with E-state index in [9.17, 15) is 0 Å². The van der Waals surface area contributed by atoms with E-state index in [2.05, 4.69) is 43.1 Å². The van der Waals surface area contributed by atoms with Crippen LogP contribution in [0.3, 0.4) is 0 Å². The Morgan fingerprint density at radius 3 is 2.73 bits per heavy atom. The summed E-state index contributed by atoms with van der Waals surface area (Å²) in [4.78, 5) is 16.1. The van der Waals surface area contributed by atoms with Gasteiger partial charge in [-0.2, -0.15) is 0 Å². The van der Waals surface area contributed by atoms with Gasteiger partial charge in [0.25, 0.3) is 0 Å². The number of guanidine groups is 1. The summed E-state index contributed by atoms with van der Waals surface area (Å²) in [5, 5.41) is 6.53. The number of hydrogen-bond donors (Lipinski definition) is 1. The lowest BCUT2D eigenvalue weighted by molar-refractivity contribution is 0.470. The Kier molecular flexibility index (Phi) is 7.39. The van der Waals surface area contributed by atoms with Gasteiger partial charge in [-0.25, -0.2) is 15.0 Å². The van der Waals surface area contributed by atoms with Crippen molar-refractivity contribution in [2.45, 2.75) is 26.9 Å². The average molecular weight is 484 g/mol. The SMILES string of the molecule is CCNC(=NCc1nc2ccccc2n1C)N(C)Cc1csc(C)n1.I. The monoisotopic (exact) mass is 484 g/mol. The number of aliphatic imine (C=N–C) groups is 1. The molecule has 6 nitrogen and oxygen atoms in total. The van der Waals surface area contributed by atoms with Crippen molar-refractivity contribution in [2.24, 2.45) is 12.0 Å². The molecule has 140 valence electrons. The van der Waals surface area contributed by atoms with Gasteiger partial charge in [0.15, 0.2) is 5.96 Å². The first-order chi connectivity index (χ1) is 12.1. The van der Waals surface area contributed by atoms with Crippen molar-refractivity contribution in [3.05, 3.63) is 46.2 Å². The number of rotatable bonds is 5. The van der Waals surface area contributed by atoms with Crippen LogP contribution in [0.5, 0.6) is 0 Å². The number of nitrogens with one attached hydrogen (secondary N) is 1. The van der Waals surface area contributed by atoms with Gasteiger partial charge in [-0.1, -0.05) is 12.1 Å². The first kappa shape index (κ1) is 20.6. The zero-order chi connectivity index (χ0) is 17.8. The predicted octanol–water partition coefficient (Wildman–Crippen LogP) is 3.55. The molecule has 0 aliphatic carbocycles. The Bertz CT molecular complexity index is 885. The molecule has 0 radical (unpaired) electrons. The maximum Gasteiger partial charge on any atom is 0.194 e. The van der Waals surface area contributed by atoms with Crippen molar-refractivity contribution in [1.29, 1.82) is 0 Å². The summed E-state index contributed by atoms with van der Waals surface area (Å²) >= 11 is 1.67. The van der Waals surface area contributed by atoms with Gasteiger partial charge in [0.1, 0.15) is 12.4 Å². The molecule has 0 fully saturated rings. The van der Waals surface area contributed by atoms with E-state index >= 15 is 0 Å². The first-order valence-corrected chi connectivity index (χ1v) is 9.27. The zero-order valence-corrected chi connectivity index (χ0v) is 18.7. The quantitative estimate of drug-likeness (QED) is 0.342. The third kappa shape index (κ3) is 4.73. The number of aromatic nitrogens is 3. The molecule has 1 N–H and O–H groups in total. The lowest BCUT2D eigenvalue weighted by Gasteiger charge is -2.21. The molecule has 0 atom stereocenters. The summed E-state index contributed by atoms with van der Waals surface area (Å²) in [7, 11) is 4.07. The van der Waals surface area contributed by atoms with Crippen molar-refractivity contribution in [2.75, 3.05) is 13.6 Å². The fourth-order valence-corrected chi connectivity index (χ4v) is 3.35. The molecule has 3 aromatic rings. The smallest absolute Gasteiger partial charge is 0.194 e. The minimum Gasteiger partial charge on any atom is -0.357 e. The fraction of sp³-hybridized carbons (Fsp3) is 0.389. The lowest BCUT2D eigenvalue weighted by atomic mass is 10.3. The first-order valence-electron chi connectivity index (χ1n) is 8.39. The predicted molar refractivity (Wildman–Crippen MR) is 119 cm³/mol. The third-order valence-corrected chi connectivity index (χ3v) is 4.83. The van der Waals surface area contributed by atoms with Crippen LogP contribution in [0.4, 0.5) is 0 Å². The molecule has 0 amide bonds. The molecule has 0 bridgehead atoms. The Morgan fingerprint density at radius 1 is 1.31 bits per heavy atom. The van der Waals surface area contributed by atoms with E-state index in [4.69, 9.17) is 4.99 Å². The normalized spacial score (nSPS) is 11.5. The summed E-state index contributed by atoms with van der Waals surface area (Å²) in [5.41, 5.74) is 3.20. The highest BCUT2D eigenvalue weighted by atomic mass is 127. The highest BCUT2D eigenvalue weighted by Crippen LogP contribution is 2.15. The summed E-state index contributed by atoms with van der Waals surface area (Å²) < 4.78 is 2.10. The van der Waals surface area contributed by atoms with E-state index in [1.54, 1.807) is 11.3 Å². The molecule has 8 heteroatoms. The number of imidazole rings is 1. The highest BCUT2D eigenvalue weighted by molar-refractivity contribution is 14.0. The van der Waals surface area contributed by atoms with Gasteiger partial charge < -0.3 is 14.8 Å². The summed E-state index contributed by atoms with van der Waals surface area (Å²) in [6.07, 6.45) is 0. The standard InChI is InChI=1S/C18H24N6S.HI/c1-5-19-18(23(3)11-14-12-25-13(2)21-14)20-10-17-22-15-8-6-7-9-16(15)24(17)4;/h6-9,12H,5,10-11H2,1-4H3,(H,19,20);1H. The minimum absolute atomic E-state index is 0. The maximum absolute atomic E-state index is 4.77. The summed E-state index contributed by atoms with van der Waals surface area (Å²) in [6, 6.07) is 8.16. The van der Waals surface area contributed by atoms with E-state index in [-0.39, 0.29) is 24.0 Å². The average Bonchev–Trinajstić information content (AvgIpc) is 3.15. The number of benzene rings is 1. The van der Waals surface area contributed by atoms with Crippen molar-refractivity contribution < 1.29 is 0 Å². The number of halogens is 1. The maximum atomic E-state index is 4.77. The zero-order valence-electron chi connectivity index (χ0n) is 15.6. The van der Waals surface area contributed by atoms with Gasteiger partial charge in [0.05, 0.1) is 28.3 Å². The second kappa shape index (κ2) is 9.31. The Labute approximate surface area is 175 Å². The number of para-hydroxylation sites is 2. The topological polar surface area (TPSA) is 58.3 Å². The van der Waals surface area contributed by atoms with E-state index in [0.29, 0.717) is 6.54 Å². The summed E-state index contributed by atoms with van der Waals surface area (Å²) in [6.45, 7) is 6.19. The van der Waals surface area contributed by atoms with E-state index in [0.717, 1.165) is 46.6 Å². The van der Waals surface area contributed by atoms with Gasteiger partial charge in [0.2, 0.25) is 0 Å². The molecule has 0 aliphatic heterocycles. The number of fused-ring (bicyclic) bond motifs is 1. The highest BCUT2D eigenvalue weighted by Gasteiger charge is 2.10.